The van der Waals surface area contributed by atoms with Crippen molar-refractivity contribution in [2.45, 2.75) is 6.92 Å². The first-order valence-electron chi connectivity index (χ1n) is 2.44. The maximum absolute atomic E-state index is 4.88. The van der Waals surface area contributed by atoms with Crippen molar-refractivity contribution in [2.75, 3.05) is 0 Å². The molecule has 0 saturated heterocycles. The zero-order chi connectivity index (χ0) is 5.82. The van der Waals surface area contributed by atoms with Gasteiger partial charge in [-0.15, -0.1) is 0 Å². The Morgan fingerprint density at radius 3 is 3.12 bits per heavy atom. The van der Waals surface area contributed by atoms with Crippen molar-refractivity contribution >= 4 is 6.08 Å². The van der Waals surface area contributed by atoms with Crippen LogP contribution in [0.3, 0.4) is 0 Å². The summed E-state index contributed by atoms with van der Waals surface area (Å²) in [5, 5.41) is 0. The standard InChI is InChI=1S/C6H7NO/c1-2-3-6-4-7-5-8-6/h2-5H,1H3. The first-order valence-corrected chi connectivity index (χ1v) is 2.44. The molecule has 0 spiro atoms. The van der Waals surface area contributed by atoms with Crippen LogP contribution >= 0.6 is 0 Å². The highest BCUT2D eigenvalue weighted by atomic mass is 16.3. The zero-order valence-corrected chi connectivity index (χ0v) is 4.66. The SMILES string of the molecule is CC=Cc1cnco1. The van der Waals surface area contributed by atoms with Crippen LogP contribution in [0.25, 0.3) is 6.08 Å². The number of allylic oxidation sites excluding steroid dienone is 1. The molecule has 0 bridgehead atoms. The summed E-state index contributed by atoms with van der Waals surface area (Å²) in [7, 11) is 0. The monoisotopic (exact) mass is 109 g/mol. The molecule has 0 unspecified atom stereocenters. The fraction of sp³-hybridized carbons (Fsp3) is 0.167. The Morgan fingerprint density at radius 2 is 2.62 bits per heavy atom. The molecule has 1 aromatic heterocycles. The van der Waals surface area contributed by atoms with Crippen molar-refractivity contribution in [1.82, 2.24) is 4.98 Å². The third-order valence-corrected chi connectivity index (χ3v) is 0.782. The van der Waals surface area contributed by atoms with Crippen LogP contribution in [0.1, 0.15) is 12.7 Å². The van der Waals surface area contributed by atoms with Crippen LogP contribution in [0.5, 0.6) is 0 Å². The van der Waals surface area contributed by atoms with Crippen LogP contribution in [-0.2, 0) is 0 Å². The zero-order valence-electron chi connectivity index (χ0n) is 4.66. The van der Waals surface area contributed by atoms with Gasteiger partial charge in [0, 0.05) is 0 Å². The number of rotatable bonds is 1. The van der Waals surface area contributed by atoms with E-state index >= 15 is 0 Å². The lowest BCUT2D eigenvalue weighted by Crippen LogP contribution is -1.55. The highest BCUT2D eigenvalue weighted by Gasteiger charge is 1.83. The minimum Gasteiger partial charge on any atom is -0.444 e. The molecule has 2 nitrogen and oxygen atoms in total. The van der Waals surface area contributed by atoms with Crippen molar-refractivity contribution in [1.29, 1.82) is 0 Å². The minimum atomic E-state index is 0.799. The van der Waals surface area contributed by atoms with Crippen molar-refractivity contribution in [3.63, 3.8) is 0 Å². The molecule has 42 valence electrons. The highest BCUT2D eigenvalue weighted by Crippen LogP contribution is 1.97. The quantitative estimate of drug-likeness (QED) is 0.548. The second kappa shape index (κ2) is 2.31. The van der Waals surface area contributed by atoms with E-state index in [0.29, 0.717) is 0 Å². The molecule has 0 atom stereocenters. The molecule has 0 fully saturated rings. The minimum absolute atomic E-state index is 0.799. The molecule has 8 heavy (non-hydrogen) atoms. The van der Waals surface area contributed by atoms with Crippen LogP contribution in [0.4, 0.5) is 0 Å². The maximum atomic E-state index is 4.88. The summed E-state index contributed by atoms with van der Waals surface area (Å²) in [5.41, 5.74) is 0. The summed E-state index contributed by atoms with van der Waals surface area (Å²) in [6, 6.07) is 0. The smallest absolute Gasteiger partial charge is 0.181 e. The van der Waals surface area contributed by atoms with Gasteiger partial charge in [-0.05, 0) is 13.0 Å². The van der Waals surface area contributed by atoms with Crippen LogP contribution in [-0.4, -0.2) is 4.98 Å². The lowest BCUT2D eigenvalue weighted by Gasteiger charge is -1.74. The van der Waals surface area contributed by atoms with Gasteiger partial charge >= 0.3 is 0 Å². The summed E-state index contributed by atoms with van der Waals surface area (Å²) in [6.07, 6.45) is 6.84. The summed E-state index contributed by atoms with van der Waals surface area (Å²) in [4.78, 5) is 3.72. The van der Waals surface area contributed by atoms with Crippen LogP contribution < -0.4 is 0 Å². The van der Waals surface area contributed by atoms with E-state index in [2.05, 4.69) is 4.98 Å². The molecule has 0 aliphatic heterocycles. The Morgan fingerprint density at radius 1 is 1.75 bits per heavy atom. The van der Waals surface area contributed by atoms with Gasteiger partial charge in [0.15, 0.2) is 6.39 Å². The van der Waals surface area contributed by atoms with Gasteiger partial charge in [0.1, 0.15) is 5.76 Å². The number of hydrogen-bond donors (Lipinski definition) is 0. The molecule has 0 aromatic carbocycles. The van der Waals surface area contributed by atoms with Gasteiger partial charge in [0.05, 0.1) is 6.20 Å². The molecule has 0 amide bonds. The molecule has 0 radical (unpaired) electrons. The Balaban J connectivity index is 2.77. The maximum Gasteiger partial charge on any atom is 0.181 e. The average molecular weight is 109 g/mol. The van der Waals surface area contributed by atoms with Gasteiger partial charge in [-0.3, -0.25) is 0 Å². The summed E-state index contributed by atoms with van der Waals surface area (Å²) < 4.78 is 4.88. The Labute approximate surface area is 47.9 Å². The van der Waals surface area contributed by atoms with Gasteiger partial charge in [-0.1, -0.05) is 6.08 Å². The summed E-state index contributed by atoms with van der Waals surface area (Å²) in [5.74, 6) is 0.799. The second-order valence-electron chi connectivity index (χ2n) is 1.40. The molecule has 0 aliphatic carbocycles. The normalized spacial score (nSPS) is 10.6. The van der Waals surface area contributed by atoms with Crippen molar-refractivity contribution in [3.05, 3.63) is 24.4 Å². The predicted molar refractivity (Wildman–Crippen MR) is 31.2 cm³/mol. The van der Waals surface area contributed by atoms with E-state index in [0.717, 1.165) is 5.76 Å². The number of oxazole rings is 1. The van der Waals surface area contributed by atoms with Gasteiger partial charge < -0.3 is 4.42 Å². The van der Waals surface area contributed by atoms with Gasteiger partial charge in [0.25, 0.3) is 0 Å². The lowest BCUT2D eigenvalue weighted by atomic mass is 10.4. The Bertz CT molecular complexity index is 165. The Kier molecular flexibility index (Phi) is 1.47. The third-order valence-electron chi connectivity index (χ3n) is 0.782. The molecule has 0 aliphatic rings. The molecule has 1 heterocycles. The van der Waals surface area contributed by atoms with Crippen LogP contribution in [0.2, 0.25) is 0 Å². The highest BCUT2D eigenvalue weighted by molar-refractivity contribution is 5.39. The first-order chi connectivity index (χ1) is 3.93. The number of hydrogen-bond acceptors (Lipinski definition) is 2. The fourth-order valence-electron chi connectivity index (χ4n) is 0.472. The number of aromatic nitrogens is 1. The number of nitrogens with zero attached hydrogens (tertiary/aromatic N) is 1. The molecular formula is C6H7NO. The summed E-state index contributed by atoms with van der Waals surface area (Å²) >= 11 is 0. The average Bonchev–Trinajstić information content (AvgIpc) is 2.19. The van der Waals surface area contributed by atoms with E-state index in [1.165, 1.54) is 6.39 Å². The summed E-state index contributed by atoms with van der Waals surface area (Å²) in [6.45, 7) is 1.93. The second-order valence-corrected chi connectivity index (χ2v) is 1.40. The Hall–Kier alpha value is -1.05. The molecule has 2 heteroatoms. The van der Waals surface area contributed by atoms with Crippen molar-refractivity contribution in [3.8, 4) is 0 Å². The fourth-order valence-corrected chi connectivity index (χ4v) is 0.472. The van der Waals surface area contributed by atoms with E-state index in [1.54, 1.807) is 6.20 Å². The van der Waals surface area contributed by atoms with E-state index < -0.39 is 0 Å². The van der Waals surface area contributed by atoms with E-state index in [1.807, 2.05) is 19.1 Å². The topological polar surface area (TPSA) is 26.0 Å². The first kappa shape index (κ1) is 5.09. The largest absolute Gasteiger partial charge is 0.444 e. The predicted octanol–water partition coefficient (Wildman–Crippen LogP) is 1.71. The van der Waals surface area contributed by atoms with E-state index in [4.69, 9.17) is 4.42 Å². The molecule has 1 rings (SSSR count). The van der Waals surface area contributed by atoms with Crippen LogP contribution in [0, 0.1) is 0 Å². The lowest BCUT2D eigenvalue weighted by molar-refractivity contribution is 0.548. The van der Waals surface area contributed by atoms with Gasteiger partial charge in [-0.2, -0.15) is 0 Å². The van der Waals surface area contributed by atoms with Crippen molar-refractivity contribution in [2.24, 2.45) is 0 Å². The third kappa shape index (κ3) is 0.964. The van der Waals surface area contributed by atoms with Crippen LogP contribution in [0.15, 0.2) is 23.1 Å². The molecular weight excluding hydrogens is 102 g/mol. The molecule has 1 aromatic rings. The van der Waals surface area contributed by atoms with Gasteiger partial charge in [0.2, 0.25) is 0 Å². The van der Waals surface area contributed by atoms with Crippen molar-refractivity contribution < 1.29 is 4.42 Å². The molecule has 0 saturated carbocycles. The molecule has 0 N–H and O–H groups in total. The van der Waals surface area contributed by atoms with E-state index in [-0.39, 0.29) is 0 Å². The van der Waals surface area contributed by atoms with E-state index in [9.17, 15) is 0 Å². The van der Waals surface area contributed by atoms with Gasteiger partial charge in [-0.25, -0.2) is 4.98 Å².